The second-order valence-corrected chi connectivity index (χ2v) is 5.60. The fraction of sp³-hybridized carbons (Fsp3) is 0.100. The molecule has 0 bridgehead atoms. The molecular weight excluding hydrogens is 402 g/mol. The van der Waals surface area contributed by atoms with Crippen LogP contribution < -0.4 is 0 Å². The Balaban J connectivity index is -0.000000398. The Bertz CT molecular complexity index is 949. The molecule has 7 nitrogen and oxygen atoms in total. The van der Waals surface area contributed by atoms with Crippen molar-refractivity contribution in [2.45, 2.75) is 13.8 Å². The zero-order chi connectivity index (χ0) is 17.1. The molecule has 0 spiro atoms. The average molecular weight is 420 g/mol. The topological polar surface area (TPSA) is 152 Å². The van der Waals surface area contributed by atoms with Crippen LogP contribution in [0, 0.1) is 13.8 Å². The zero-order valence-electron chi connectivity index (χ0n) is 15.9. The van der Waals surface area contributed by atoms with Crippen molar-refractivity contribution in [1.29, 1.82) is 0 Å². The summed E-state index contributed by atoms with van der Waals surface area (Å²) in [7, 11) is 0. The molecule has 2 aromatic carbocycles. The fourth-order valence-electron chi connectivity index (χ4n) is 2.46. The molecule has 0 unspecified atom stereocenters. The third kappa shape index (κ3) is 7.62. The van der Waals surface area contributed by atoms with Crippen LogP contribution in [0.15, 0.2) is 60.7 Å². The molecule has 2 heterocycles. The Labute approximate surface area is 190 Å². The molecule has 4 rings (SSSR count). The van der Waals surface area contributed by atoms with Gasteiger partial charge in [0.15, 0.2) is 0 Å². The average Bonchev–Trinajstić information content (AvgIpc) is 2.57. The van der Waals surface area contributed by atoms with Crippen LogP contribution in [-0.4, -0.2) is 54.9 Å². The van der Waals surface area contributed by atoms with Crippen molar-refractivity contribution in [1.82, 2.24) is 9.97 Å². The van der Waals surface area contributed by atoms with Crippen molar-refractivity contribution in [3.63, 3.8) is 0 Å². The SMILES string of the molecule is Cc1ccc2cccc(O)c2n1.Cc1ccc2cccc(O)c2n1.[Al+3].[Al+3].[O-2].[O-2].[O-2]. The summed E-state index contributed by atoms with van der Waals surface area (Å²) in [6.07, 6.45) is 0. The maximum Gasteiger partial charge on any atom is 3.00 e. The summed E-state index contributed by atoms with van der Waals surface area (Å²) < 4.78 is 0. The Morgan fingerprint density at radius 2 is 0.897 bits per heavy atom. The first-order chi connectivity index (χ1) is 11.5. The molecule has 0 aliphatic rings. The molecule has 0 saturated carbocycles. The standard InChI is InChI=1S/2C10H9NO.2Al.3O/c2*1-7-5-6-8-3-2-4-9(12)10(8)11-7;;;;;/h2*2-6,12H,1H3;;;;;/q;;2*+3;3*-2. The molecule has 0 aliphatic heterocycles. The van der Waals surface area contributed by atoms with Crippen molar-refractivity contribution < 1.29 is 26.6 Å². The van der Waals surface area contributed by atoms with E-state index in [0.29, 0.717) is 11.0 Å². The second-order valence-electron chi connectivity index (χ2n) is 5.60. The number of fused-ring (bicyclic) bond motifs is 2. The van der Waals surface area contributed by atoms with E-state index in [1.807, 2.05) is 62.4 Å². The molecule has 29 heavy (non-hydrogen) atoms. The van der Waals surface area contributed by atoms with Gasteiger partial charge in [0.25, 0.3) is 0 Å². The maximum atomic E-state index is 9.43. The number of phenols is 2. The van der Waals surface area contributed by atoms with Crippen LogP contribution in [0.4, 0.5) is 0 Å². The molecule has 2 aromatic heterocycles. The van der Waals surface area contributed by atoms with Crippen LogP contribution in [-0.2, 0) is 16.4 Å². The van der Waals surface area contributed by atoms with E-state index in [1.54, 1.807) is 12.1 Å². The van der Waals surface area contributed by atoms with E-state index in [0.717, 1.165) is 22.2 Å². The van der Waals surface area contributed by atoms with Gasteiger partial charge < -0.3 is 26.6 Å². The molecule has 9 heteroatoms. The molecule has 0 aliphatic carbocycles. The van der Waals surface area contributed by atoms with Gasteiger partial charge in [-0.05, 0) is 38.1 Å². The maximum absolute atomic E-state index is 9.43. The van der Waals surface area contributed by atoms with Crippen molar-refractivity contribution in [2.24, 2.45) is 0 Å². The van der Waals surface area contributed by atoms with Gasteiger partial charge in [0.05, 0.1) is 0 Å². The molecule has 144 valence electrons. The third-order valence-corrected chi connectivity index (χ3v) is 3.68. The van der Waals surface area contributed by atoms with Crippen molar-refractivity contribution in [3.05, 3.63) is 72.1 Å². The predicted octanol–water partition coefficient (Wildman–Crippen LogP) is 3.38. The third-order valence-electron chi connectivity index (χ3n) is 3.68. The summed E-state index contributed by atoms with van der Waals surface area (Å²) in [5.74, 6) is 0.493. The molecule has 2 N–H and O–H groups in total. The first-order valence-corrected chi connectivity index (χ1v) is 7.65. The number of pyridine rings is 2. The van der Waals surface area contributed by atoms with Crippen LogP contribution in [0.5, 0.6) is 11.5 Å². The molecule has 0 amide bonds. The minimum atomic E-state index is 0. The van der Waals surface area contributed by atoms with Gasteiger partial charge in [0, 0.05) is 22.2 Å². The zero-order valence-corrected chi connectivity index (χ0v) is 18.3. The summed E-state index contributed by atoms with van der Waals surface area (Å²) >= 11 is 0. The van der Waals surface area contributed by atoms with Crippen molar-refractivity contribution in [3.8, 4) is 11.5 Å². The first-order valence-electron chi connectivity index (χ1n) is 7.65. The fourth-order valence-corrected chi connectivity index (χ4v) is 2.46. The minimum Gasteiger partial charge on any atom is -2.00 e. The molecule has 0 atom stereocenters. The number of nitrogens with zero attached hydrogens (tertiary/aromatic N) is 2. The normalized spacial score (nSPS) is 8.62. The first kappa shape index (κ1) is 31.5. The molecule has 0 saturated heterocycles. The van der Waals surface area contributed by atoms with E-state index in [4.69, 9.17) is 0 Å². The number of aromatic hydroxyl groups is 2. The van der Waals surface area contributed by atoms with E-state index in [9.17, 15) is 10.2 Å². The van der Waals surface area contributed by atoms with Gasteiger partial charge in [-0.25, -0.2) is 9.97 Å². The molecule has 0 radical (unpaired) electrons. The predicted molar refractivity (Wildman–Crippen MR) is 110 cm³/mol. The number of phenolic OH excluding ortho intramolecular Hbond substituents is 2. The number of para-hydroxylation sites is 2. The van der Waals surface area contributed by atoms with Crippen LogP contribution >= 0.6 is 0 Å². The van der Waals surface area contributed by atoms with Gasteiger partial charge in [-0.2, -0.15) is 0 Å². The van der Waals surface area contributed by atoms with Gasteiger partial charge in [0.2, 0.25) is 0 Å². The quantitative estimate of drug-likeness (QED) is 0.419. The molecular formula is C20H18Al2N2O5. The Hall–Kier alpha value is -2.20. The monoisotopic (exact) mass is 420 g/mol. The number of aromatic nitrogens is 2. The second kappa shape index (κ2) is 13.9. The number of hydrogen-bond acceptors (Lipinski definition) is 4. The largest absolute Gasteiger partial charge is 3.00 e. The van der Waals surface area contributed by atoms with Crippen LogP contribution in [0.25, 0.3) is 21.8 Å². The van der Waals surface area contributed by atoms with E-state index in [1.165, 1.54) is 0 Å². The Kier molecular flexibility index (Phi) is 15.1. The minimum absolute atomic E-state index is 0. The summed E-state index contributed by atoms with van der Waals surface area (Å²) in [6.45, 7) is 3.82. The van der Waals surface area contributed by atoms with Gasteiger partial charge in [-0.15, -0.1) is 0 Å². The number of aryl methyl sites for hydroxylation is 2. The van der Waals surface area contributed by atoms with E-state index >= 15 is 0 Å². The van der Waals surface area contributed by atoms with Gasteiger partial charge in [-0.3, -0.25) is 0 Å². The van der Waals surface area contributed by atoms with Crippen LogP contribution in [0.2, 0.25) is 0 Å². The summed E-state index contributed by atoms with van der Waals surface area (Å²) in [6, 6.07) is 18.6. The van der Waals surface area contributed by atoms with Crippen molar-refractivity contribution >= 4 is 56.5 Å². The smallest absolute Gasteiger partial charge is 2.00 e. The Morgan fingerprint density at radius 3 is 1.24 bits per heavy atom. The van der Waals surface area contributed by atoms with Crippen molar-refractivity contribution in [2.75, 3.05) is 0 Å². The van der Waals surface area contributed by atoms with E-state index in [2.05, 4.69) is 9.97 Å². The van der Waals surface area contributed by atoms with Gasteiger partial charge in [0.1, 0.15) is 22.5 Å². The van der Waals surface area contributed by atoms with Crippen LogP contribution in [0.1, 0.15) is 11.4 Å². The van der Waals surface area contributed by atoms with E-state index in [-0.39, 0.29) is 62.6 Å². The Morgan fingerprint density at radius 1 is 0.552 bits per heavy atom. The molecule has 0 fully saturated rings. The number of benzene rings is 2. The number of rotatable bonds is 0. The van der Waals surface area contributed by atoms with Gasteiger partial charge in [-0.1, -0.05) is 36.4 Å². The molecule has 4 aromatic rings. The summed E-state index contributed by atoms with van der Waals surface area (Å²) in [5.41, 5.74) is 3.20. The van der Waals surface area contributed by atoms with Crippen LogP contribution in [0.3, 0.4) is 0 Å². The number of hydrogen-bond donors (Lipinski definition) is 2. The summed E-state index contributed by atoms with van der Waals surface area (Å²) in [5, 5.41) is 20.8. The van der Waals surface area contributed by atoms with E-state index < -0.39 is 0 Å². The van der Waals surface area contributed by atoms with Gasteiger partial charge >= 0.3 is 34.7 Å². The summed E-state index contributed by atoms with van der Waals surface area (Å²) in [4.78, 5) is 8.45.